The maximum absolute atomic E-state index is 11.5. The summed E-state index contributed by atoms with van der Waals surface area (Å²) in [5.41, 5.74) is 0. The molecule has 0 spiro atoms. The standard InChI is InChI=1S/C12H22O3/c1-3-5-6-7-9-10(12(14)15)11(13)8-4-2/h10H,3-9H2,1-2H3,(H,14,15). The maximum Gasteiger partial charge on any atom is 0.314 e. The smallest absolute Gasteiger partial charge is 0.314 e. The van der Waals surface area contributed by atoms with Crippen LogP contribution in [-0.4, -0.2) is 16.9 Å². The highest BCUT2D eigenvalue weighted by Gasteiger charge is 2.24. The normalized spacial score (nSPS) is 12.4. The lowest BCUT2D eigenvalue weighted by Gasteiger charge is -2.10. The maximum atomic E-state index is 11.5. The molecule has 88 valence electrons. The zero-order chi connectivity index (χ0) is 11.7. The van der Waals surface area contributed by atoms with Gasteiger partial charge in [-0.15, -0.1) is 0 Å². The van der Waals surface area contributed by atoms with E-state index in [-0.39, 0.29) is 5.78 Å². The molecule has 0 saturated carbocycles. The second-order valence-corrected chi connectivity index (χ2v) is 3.96. The Morgan fingerprint density at radius 3 is 2.20 bits per heavy atom. The highest BCUT2D eigenvalue weighted by atomic mass is 16.4. The van der Waals surface area contributed by atoms with E-state index in [0.29, 0.717) is 12.8 Å². The molecule has 3 heteroatoms. The predicted octanol–water partition coefficient (Wildman–Crippen LogP) is 3.03. The van der Waals surface area contributed by atoms with Crippen LogP contribution in [-0.2, 0) is 9.59 Å². The zero-order valence-corrected chi connectivity index (χ0v) is 9.79. The van der Waals surface area contributed by atoms with E-state index < -0.39 is 11.9 Å². The number of carboxylic acid groups (broad SMARTS) is 1. The van der Waals surface area contributed by atoms with Crippen molar-refractivity contribution in [2.45, 2.75) is 58.8 Å². The van der Waals surface area contributed by atoms with E-state index in [0.717, 1.165) is 32.1 Å². The van der Waals surface area contributed by atoms with Crippen LogP contribution in [0.15, 0.2) is 0 Å². The van der Waals surface area contributed by atoms with Gasteiger partial charge < -0.3 is 5.11 Å². The van der Waals surface area contributed by atoms with E-state index in [1.165, 1.54) is 0 Å². The molecule has 0 heterocycles. The van der Waals surface area contributed by atoms with Crippen LogP contribution in [0.25, 0.3) is 0 Å². The molecule has 0 fully saturated rings. The summed E-state index contributed by atoms with van der Waals surface area (Å²) in [6, 6.07) is 0. The minimum Gasteiger partial charge on any atom is -0.481 e. The number of aliphatic carboxylic acids is 1. The Morgan fingerprint density at radius 1 is 1.07 bits per heavy atom. The Hall–Kier alpha value is -0.860. The number of hydrogen-bond acceptors (Lipinski definition) is 2. The van der Waals surface area contributed by atoms with Crippen LogP contribution < -0.4 is 0 Å². The van der Waals surface area contributed by atoms with E-state index in [4.69, 9.17) is 5.11 Å². The van der Waals surface area contributed by atoms with Crippen molar-refractivity contribution in [1.29, 1.82) is 0 Å². The third-order valence-electron chi connectivity index (χ3n) is 2.53. The van der Waals surface area contributed by atoms with Gasteiger partial charge >= 0.3 is 5.97 Å². The Bertz CT molecular complexity index is 199. The summed E-state index contributed by atoms with van der Waals surface area (Å²) in [6.45, 7) is 4.00. The van der Waals surface area contributed by atoms with Crippen LogP contribution in [0.5, 0.6) is 0 Å². The van der Waals surface area contributed by atoms with E-state index in [9.17, 15) is 9.59 Å². The second-order valence-electron chi connectivity index (χ2n) is 3.96. The van der Waals surface area contributed by atoms with Gasteiger partial charge in [0.15, 0.2) is 0 Å². The molecule has 15 heavy (non-hydrogen) atoms. The van der Waals surface area contributed by atoms with E-state index >= 15 is 0 Å². The van der Waals surface area contributed by atoms with Crippen LogP contribution in [0, 0.1) is 5.92 Å². The molecule has 0 bridgehead atoms. The molecular formula is C12H22O3. The van der Waals surface area contributed by atoms with Gasteiger partial charge in [0.25, 0.3) is 0 Å². The fourth-order valence-electron chi connectivity index (χ4n) is 1.62. The lowest BCUT2D eigenvalue weighted by atomic mass is 9.94. The molecule has 0 aliphatic carbocycles. The molecule has 1 unspecified atom stereocenters. The first-order valence-corrected chi connectivity index (χ1v) is 5.89. The minimum atomic E-state index is -0.954. The Kier molecular flexibility index (Phi) is 7.96. The largest absolute Gasteiger partial charge is 0.481 e. The van der Waals surface area contributed by atoms with Crippen molar-refractivity contribution in [1.82, 2.24) is 0 Å². The summed E-state index contributed by atoms with van der Waals surface area (Å²) >= 11 is 0. The van der Waals surface area contributed by atoms with E-state index in [1.807, 2.05) is 6.92 Å². The average Bonchev–Trinajstić information content (AvgIpc) is 2.17. The lowest BCUT2D eigenvalue weighted by molar-refractivity contribution is -0.146. The first-order valence-electron chi connectivity index (χ1n) is 5.89. The monoisotopic (exact) mass is 214 g/mol. The van der Waals surface area contributed by atoms with Gasteiger partial charge in [0.05, 0.1) is 0 Å². The van der Waals surface area contributed by atoms with Crippen LogP contribution in [0.4, 0.5) is 0 Å². The Balaban J connectivity index is 3.94. The Morgan fingerprint density at radius 2 is 1.73 bits per heavy atom. The molecule has 0 saturated heterocycles. The van der Waals surface area contributed by atoms with Gasteiger partial charge in [-0.3, -0.25) is 9.59 Å². The number of rotatable bonds is 9. The summed E-state index contributed by atoms with van der Waals surface area (Å²) in [5.74, 6) is -1.83. The first kappa shape index (κ1) is 14.1. The molecule has 3 nitrogen and oxygen atoms in total. The molecule has 0 radical (unpaired) electrons. The topological polar surface area (TPSA) is 54.4 Å². The average molecular weight is 214 g/mol. The summed E-state index contributed by atoms with van der Waals surface area (Å²) in [7, 11) is 0. The van der Waals surface area contributed by atoms with Gasteiger partial charge in [-0.05, 0) is 12.8 Å². The number of unbranched alkanes of at least 4 members (excludes halogenated alkanes) is 3. The molecule has 1 atom stereocenters. The van der Waals surface area contributed by atoms with Gasteiger partial charge in [0.1, 0.15) is 11.7 Å². The van der Waals surface area contributed by atoms with Crippen molar-refractivity contribution >= 4 is 11.8 Å². The van der Waals surface area contributed by atoms with Crippen molar-refractivity contribution in [3.63, 3.8) is 0 Å². The molecule has 0 aromatic rings. The summed E-state index contributed by atoms with van der Waals surface area (Å²) < 4.78 is 0. The third-order valence-corrected chi connectivity index (χ3v) is 2.53. The second kappa shape index (κ2) is 8.45. The number of ketones is 1. The van der Waals surface area contributed by atoms with E-state index in [1.54, 1.807) is 0 Å². The fourth-order valence-corrected chi connectivity index (χ4v) is 1.62. The highest BCUT2D eigenvalue weighted by molar-refractivity contribution is 5.98. The van der Waals surface area contributed by atoms with Crippen LogP contribution in [0.2, 0.25) is 0 Å². The summed E-state index contributed by atoms with van der Waals surface area (Å²) in [4.78, 5) is 22.3. The molecular weight excluding hydrogens is 192 g/mol. The zero-order valence-electron chi connectivity index (χ0n) is 9.79. The van der Waals surface area contributed by atoms with Crippen molar-refractivity contribution < 1.29 is 14.7 Å². The summed E-state index contributed by atoms with van der Waals surface area (Å²) in [5, 5.41) is 8.91. The van der Waals surface area contributed by atoms with Crippen LogP contribution >= 0.6 is 0 Å². The molecule has 0 aromatic heterocycles. The molecule has 0 aromatic carbocycles. The lowest BCUT2D eigenvalue weighted by Crippen LogP contribution is -2.23. The van der Waals surface area contributed by atoms with Gasteiger partial charge in [-0.2, -0.15) is 0 Å². The first-order chi connectivity index (χ1) is 7.13. The molecule has 1 N–H and O–H groups in total. The molecule has 0 aliphatic rings. The number of carbonyl (C=O) groups excluding carboxylic acids is 1. The van der Waals surface area contributed by atoms with Gasteiger partial charge in [0, 0.05) is 6.42 Å². The van der Waals surface area contributed by atoms with Gasteiger partial charge in [-0.1, -0.05) is 39.5 Å². The van der Waals surface area contributed by atoms with Crippen molar-refractivity contribution in [3.8, 4) is 0 Å². The minimum absolute atomic E-state index is 0.110. The number of hydrogen-bond donors (Lipinski definition) is 1. The van der Waals surface area contributed by atoms with Gasteiger partial charge in [0.2, 0.25) is 0 Å². The molecule has 0 amide bonds. The van der Waals surface area contributed by atoms with E-state index in [2.05, 4.69) is 6.92 Å². The molecule has 0 rings (SSSR count). The number of Topliss-reactive ketones (excluding diaryl/α,β-unsaturated/α-hetero) is 1. The van der Waals surface area contributed by atoms with Crippen LogP contribution in [0.1, 0.15) is 58.8 Å². The third kappa shape index (κ3) is 6.26. The number of carboxylic acids is 1. The quantitative estimate of drug-likeness (QED) is 0.474. The highest BCUT2D eigenvalue weighted by Crippen LogP contribution is 2.14. The predicted molar refractivity (Wildman–Crippen MR) is 59.8 cm³/mol. The van der Waals surface area contributed by atoms with Crippen molar-refractivity contribution in [2.24, 2.45) is 5.92 Å². The SMILES string of the molecule is CCCCCCC(C(=O)O)C(=O)CCC. The van der Waals surface area contributed by atoms with Crippen LogP contribution in [0.3, 0.4) is 0 Å². The molecule has 0 aliphatic heterocycles. The van der Waals surface area contributed by atoms with Crippen molar-refractivity contribution in [3.05, 3.63) is 0 Å². The number of carbonyl (C=O) groups is 2. The fraction of sp³-hybridized carbons (Fsp3) is 0.833. The summed E-state index contributed by atoms with van der Waals surface area (Å²) in [6.07, 6.45) is 5.76. The Labute approximate surface area is 91.9 Å². The van der Waals surface area contributed by atoms with Crippen molar-refractivity contribution in [2.75, 3.05) is 0 Å². The van der Waals surface area contributed by atoms with Gasteiger partial charge in [-0.25, -0.2) is 0 Å².